The Morgan fingerprint density at radius 1 is 1.43 bits per heavy atom. The van der Waals surface area contributed by atoms with Gasteiger partial charge in [-0.2, -0.15) is 5.10 Å². The van der Waals surface area contributed by atoms with E-state index in [0.29, 0.717) is 29.0 Å². The van der Waals surface area contributed by atoms with Crippen LogP contribution >= 0.6 is 0 Å². The van der Waals surface area contributed by atoms with Crippen molar-refractivity contribution >= 4 is 12.0 Å². The molecule has 6 nitrogen and oxygen atoms in total. The van der Waals surface area contributed by atoms with Crippen LogP contribution in [0, 0.1) is 16.0 Å². The fourth-order valence-corrected chi connectivity index (χ4v) is 2.54. The Balaban J connectivity index is 2.09. The minimum Gasteiger partial charge on any atom is -0.298 e. The van der Waals surface area contributed by atoms with Crippen LogP contribution in [0.1, 0.15) is 36.2 Å². The third-order valence-electron chi connectivity index (χ3n) is 3.96. The molecule has 108 valence electrons. The van der Waals surface area contributed by atoms with Crippen molar-refractivity contribution < 1.29 is 9.72 Å². The number of rotatable bonds is 5. The van der Waals surface area contributed by atoms with E-state index in [2.05, 4.69) is 12.0 Å². The highest BCUT2D eigenvalue weighted by Gasteiger charge is 2.31. The van der Waals surface area contributed by atoms with Crippen LogP contribution in [0.5, 0.6) is 0 Å². The number of carbonyl (C=O) groups excluding carboxylic acids is 1. The summed E-state index contributed by atoms with van der Waals surface area (Å²) in [7, 11) is 0. The van der Waals surface area contributed by atoms with Crippen LogP contribution in [-0.2, 0) is 0 Å². The number of aromatic nitrogens is 2. The molecule has 0 bridgehead atoms. The van der Waals surface area contributed by atoms with E-state index in [1.165, 1.54) is 6.07 Å². The average molecular weight is 285 g/mol. The van der Waals surface area contributed by atoms with Crippen LogP contribution in [-0.4, -0.2) is 21.0 Å². The molecule has 1 fully saturated rings. The van der Waals surface area contributed by atoms with Crippen molar-refractivity contribution in [2.45, 2.75) is 25.8 Å². The predicted molar refractivity (Wildman–Crippen MR) is 77.1 cm³/mol. The zero-order valence-corrected chi connectivity index (χ0v) is 11.6. The first-order valence-electron chi connectivity index (χ1n) is 6.90. The van der Waals surface area contributed by atoms with Crippen LogP contribution < -0.4 is 0 Å². The summed E-state index contributed by atoms with van der Waals surface area (Å²) in [6, 6.07) is 6.57. The number of nitro groups is 1. The predicted octanol–water partition coefficient (Wildman–Crippen LogP) is 3.24. The van der Waals surface area contributed by atoms with Crippen molar-refractivity contribution in [1.29, 1.82) is 0 Å². The van der Waals surface area contributed by atoms with E-state index >= 15 is 0 Å². The fraction of sp³-hybridized carbons (Fsp3) is 0.333. The summed E-state index contributed by atoms with van der Waals surface area (Å²) in [6.07, 6.45) is 4.72. The van der Waals surface area contributed by atoms with E-state index in [9.17, 15) is 14.9 Å². The molecule has 0 amide bonds. The Morgan fingerprint density at radius 3 is 2.76 bits per heavy atom. The smallest absolute Gasteiger partial charge is 0.278 e. The van der Waals surface area contributed by atoms with Crippen molar-refractivity contribution in [3.63, 3.8) is 0 Å². The molecule has 1 aliphatic carbocycles. The lowest BCUT2D eigenvalue weighted by molar-refractivity contribution is -0.384. The van der Waals surface area contributed by atoms with Crippen molar-refractivity contribution in [2.75, 3.05) is 0 Å². The van der Waals surface area contributed by atoms with Gasteiger partial charge in [0.2, 0.25) is 0 Å². The second-order valence-corrected chi connectivity index (χ2v) is 5.38. The third-order valence-corrected chi connectivity index (χ3v) is 3.96. The minimum atomic E-state index is -0.451. The first kappa shape index (κ1) is 13.5. The van der Waals surface area contributed by atoms with Crippen LogP contribution in [0.25, 0.3) is 11.3 Å². The summed E-state index contributed by atoms with van der Waals surface area (Å²) in [5.74, 6) is 0.586. The summed E-state index contributed by atoms with van der Waals surface area (Å²) in [6.45, 7) is 2.06. The van der Waals surface area contributed by atoms with Gasteiger partial charge in [-0.3, -0.25) is 19.6 Å². The summed E-state index contributed by atoms with van der Waals surface area (Å²) in [4.78, 5) is 22.0. The molecule has 6 heteroatoms. The number of carbonyl (C=O) groups is 1. The summed E-state index contributed by atoms with van der Waals surface area (Å²) in [5, 5.41) is 15.6. The molecule has 1 aromatic carbocycles. The van der Waals surface area contributed by atoms with E-state index in [1.807, 2.05) is 0 Å². The number of benzene rings is 1. The first-order chi connectivity index (χ1) is 10.1. The molecule has 0 spiro atoms. The van der Waals surface area contributed by atoms with Gasteiger partial charge in [0, 0.05) is 12.3 Å². The first-order valence-corrected chi connectivity index (χ1v) is 6.90. The summed E-state index contributed by atoms with van der Waals surface area (Å²) in [5.41, 5.74) is 1.11. The molecule has 1 unspecified atom stereocenters. The monoisotopic (exact) mass is 285 g/mol. The summed E-state index contributed by atoms with van der Waals surface area (Å²) < 4.78 is 1.76. The van der Waals surface area contributed by atoms with E-state index in [4.69, 9.17) is 0 Å². The molecule has 1 heterocycles. The van der Waals surface area contributed by atoms with Crippen LogP contribution in [0.2, 0.25) is 0 Å². The molecule has 1 atom stereocenters. The van der Waals surface area contributed by atoms with E-state index < -0.39 is 4.92 Å². The second kappa shape index (κ2) is 5.12. The van der Waals surface area contributed by atoms with Crippen molar-refractivity contribution in [2.24, 2.45) is 5.92 Å². The minimum absolute atomic E-state index is 0.0371. The highest BCUT2D eigenvalue weighted by atomic mass is 16.6. The third kappa shape index (κ3) is 2.44. The van der Waals surface area contributed by atoms with Gasteiger partial charge < -0.3 is 0 Å². The number of nitrogens with zero attached hydrogens (tertiary/aromatic N) is 3. The Morgan fingerprint density at radius 2 is 2.14 bits per heavy atom. The maximum absolute atomic E-state index is 11.3. The molecule has 21 heavy (non-hydrogen) atoms. The lowest BCUT2D eigenvalue weighted by Crippen LogP contribution is -2.07. The molecular weight excluding hydrogens is 270 g/mol. The van der Waals surface area contributed by atoms with Gasteiger partial charge in [0.15, 0.2) is 6.29 Å². The normalized spacial score (nSPS) is 15.7. The zero-order chi connectivity index (χ0) is 15.0. The number of nitro benzene ring substituents is 1. The molecule has 1 saturated carbocycles. The molecule has 2 aromatic rings. The summed E-state index contributed by atoms with van der Waals surface area (Å²) >= 11 is 0. The zero-order valence-electron chi connectivity index (χ0n) is 11.6. The molecule has 0 N–H and O–H groups in total. The molecule has 0 radical (unpaired) electrons. The van der Waals surface area contributed by atoms with E-state index in [-0.39, 0.29) is 11.7 Å². The lowest BCUT2D eigenvalue weighted by atomic mass is 10.1. The topological polar surface area (TPSA) is 78.0 Å². The molecule has 0 saturated heterocycles. The van der Waals surface area contributed by atoms with Gasteiger partial charge in [0.1, 0.15) is 5.69 Å². The Bertz CT molecular complexity index is 704. The molecule has 1 aromatic heterocycles. The van der Waals surface area contributed by atoms with E-state index in [0.717, 1.165) is 12.8 Å². The van der Waals surface area contributed by atoms with Gasteiger partial charge in [-0.1, -0.05) is 12.1 Å². The second-order valence-electron chi connectivity index (χ2n) is 5.38. The van der Waals surface area contributed by atoms with Gasteiger partial charge >= 0.3 is 0 Å². The molecule has 3 rings (SSSR count). The fourth-order valence-electron chi connectivity index (χ4n) is 2.54. The highest BCUT2D eigenvalue weighted by Crippen LogP contribution is 2.40. The van der Waals surface area contributed by atoms with E-state index in [1.54, 1.807) is 29.1 Å². The Hall–Kier alpha value is -2.50. The number of para-hydroxylation sites is 1. The molecular formula is C15H15N3O3. The molecule has 1 aliphatic rings. The average Bonchev–Trinajstić information content (AvgIpc) is 3.25. The van der Waals surface area contributed by atoms with Gasteiger partial charge in [0.05, 0.1) is 22.1 Å². The maximum atomic E-state index is 11.3. The Kier molecular flexibility index (Phi) is 3.29. The lowest BCUT2D eigenvalue weighted by Gasteiger charge is -2.09. The van der Waals surface area contributed by atoms with Crippen LogP contribution in [0.15, 0.2) is 30.5 Å². The van der Waals surface area contributed by atoms with Gasteiger partial charge in [-0.05, 0) is 31.7 Å². The molecule has 0 aliphatic heterocycles. The van der Waals surface area contributed by atoms with Gasteiger partial charge in [0.25, 0.3) is 5.69 Å². The maximum Gasteiger partial charge on any atom is 0.278 e. The highest BCUT2D eigenvalue weighted by molar-refractivity contribution is 5.88. The van der Waals surface area contributed by atoms with Crippen molar-refractivity contribution in [3.8, 4) is 11.3 Å². The van der Waals surface area contributed by atoms with Crippen molar-refractivity contribution in [3.05, 3.63) is 46.1 Å². The van der Waals surface area contributed by atoms with Crippen molar-refractivity contribution in [1.82, 2.24) is 9.78 Å². The van der Waals surface area contributed by atoms with Crippen LogP contribution in [0.4, 0.5) is 5.69 Å². The number of hydrogen-bond donors (Lipinski definition) is 0. The van der Waals surface area contributed by atoms with Crippen LogP contribution in [0.3, 0.4) is 0 Å². The Labute approximate surface area is 121 Å². The number of aldehydes is 1. The number of hydrogen-bond acceptors (Lipinski definition) is 4. The SMILES string of the molecule is CC(C1CC1)n1cc(C=O)c(-c2ccccc2[N+](=O)[O-])n1. The van der Waals surface area contributed by atoms with Gasteiger partial charge in [-0.25, -0.2) is 0 Å². The standard InChI is InChI=1S/C15H15N3O3/c1-10(11-6-7-11)17-8-12(9-19)15(16-17)13-4-2-3-5-14(13)18(20)21/h2-5,8-11H,6-7H2,1H3. The van der Waals surface area contributed by atoms with Gasteiger partial charge in [-0.15, -0.1) is 0 Å². The largest absolute Gasteiger partial charge is 0.298 e. The quantitative estimate of drug-likeness (QED) is 0.480.